The number of nitrogens with zero attached hydrogens (tertiary/aromatic N) is 3. The van der Waals surface area contributed by atoms with Crippen molar-refractivity contribution in [3.05, 3.63) is 20.8 Å². The minimum absolute atomic E-state index is 0.101. The Kier molecular flexibility index (Phi) is 4.19. The zero-order chi connectivity index (χ0) is 15.7. The van der Waals surface area contributed by atoms with Crippen LogP contribution in [0, 0.1) is 0 Å². The van der Waals surface area contributed by atoms with Gasteiger partial charge in [-0.25, -0.2) is 9.78 Å². The number of rotatable bonds is 5. The lowest BCUT2D eigenvalue weighted by Gasteiger charge is -2.06. The first-order valence-electron chi connectivity index (χ1n) is 6.10. The first kappa shape index (κ1) is 15.3. The molecule has 2 rings (SSSR count). The average molecular weight is 313 g/mol. The van der Waals surface area contributed by atoms with Crippen LogP contribution in [-0.4, -0.2) is 42.0 Å². The number of imidazole rings is 1. The molecule has 2 aromatic rings. The summed E-state index contributed by atoms with van der Waals surface area (Å²) in [5.74, 6) is -0.310. The molecule has 1 amide bonds. The molecule has 0 saturated carbocycles. The molecule has 0 bridgehead atoms. The van der Waals surface area contributed by atoms with E-state index < -0.39 is 23.3 Å². The minimum atomic E-state index is -0.638. The number of thioether (sulfide) groups is 1. The van der Waals surface area contributed by atoms with Crippen molar-refractivity contribution in [1.29, 1.82) is 0 Å². The maximum Gasteiger partial charge on any atom is 0.329 e. The Bertz CT molecular complexity index is 803. The first-order valence-corrected chi connectivity index (χ1v) is 7.08. The number of aromatic amines is 1. The van der Waals surface area contributed by atoms with Crippen LogP contribution < -0.4 is 17.0 Å². The molecule has 2 heterocycles. The fraction of sp³-hybridized carbons (Fsp3) is 0.455. The van der Waals surface area contributed by atoms with E-state index in [1.165, 1.54) is 27.9 Å². The van der Waals surface area contributed by atoms with Gasteiger partial charge >= 0.3 is 5.69 Å². The maximum absolute atomic E-state index is 12.0. The molecule has 1 atom stereocenters. The zero-order valence-corrected chi connectivity index (χ0v) is 12.3. The Balaban J connectivity index is 2.69. The number of aryl methyl sites for hydroxylation is 1. The van der Waals surface area contributed by atoms with Crippen LogP contribution in [0.2, 0.25) is 0 Å². The highest BCUT2D eigenvalue weighted by atomic mass is 32.2. The monoisotopic (exact) mass is 313 g/mol. The summed E-state index contributed by atoms with van der Waals surface area (Å²) >= 11 is 1.17. The van der Waals surface area contributed by atoms with Crippen LogP contribution in [0.25, 0.3) is 11.2 Å². The molecule has 21 heavy (non-hydrogen) atoms. The molecule has 0 spiro atoms. The van der Waals surface area contributed by atoms with Gasteiger partial charge in [-0.1, -0.05) is 11.8 Å². The van der Waals surface area contributed by atoms with Crippen molar-refractivity contribution in [2.75, 3.05) is 5.75 Å². The number of nitrogens with two attached hydrogens (primary N) is 1. The fourth-order valence-electron chi connectivity index (χ4n) is 1.82. The van der Waals surface area contributed by atoms with Gasteiger partial charge in [0.05, 0.1) is 6.10 Å². The van der Waals surface area contributed by atoms with Gasteiger partial charge in [-0.3, -0.25) is 19.1 Å². The molecule has 0 radical (unpaired) electrons. The number of amides is 1. The van der Waals surface area contributed by atoms with Crippen LogP contribution in [0.4, 0.5) is 0 Å². The molecule has 4 N–H and O–H groups in total. The van der Waals surface area contributed by atoms with Gasteiger partial charge in [-0.15, -0.1) is 0 Å². The van der Waals surface area contributed by atoms with E-state index in [0.29, 0.717) is 10.9 Å². The van der Waals surface area contributed by atoms with Gasteiger partial charge < -0.3 is 15.4 Å². The van der Waals surface area contributed by atoms with Crippen LogP contribution in [-0.2, 0) is 18.4 Å². The van der Waals surface area contributed by atoms with Gasteiger partial charge in [-0.05, 0) is 6.92 Å². The normalized spacial score (nSPS) is 12.7. The lowest BCUT2D eigenvalue weighted by molar-refractivity contribution is -0.118. The number of aliphatic hydroxyl groups is 1. The Labute approximate surface area is 122 Å². The molecule has 0 fully saturated rings. The number of H-pyrrole nitrogens is 1. The average Bonchev–Trinajstić information content (AvgIpc) is 2.72. The van der Waals surface area contributed by atoms with Crippen molar-refractivity contribution in [3.63, 3.8) is 0 Å². The SMILES string of the molecule is CC(O)CSc1nc2c(c(=O)[nH]c(=O)n2C)n1CC(N)=O. The van der Waals surface area contributed by atoms with E-state index in [1.54, 1.807) is 6.92 Å². The summed E-state index contributed by atoms with van der Waals surface area (Å²) in [4.78, 5) is 41.1. The summed E-state index contributed by atoms with van der Waals surface area (Å²) in [7, 11) is 1.46. The zero-order valence-electron chi connectivity index (χ0n) is 11.5. The molecular formula is C11H15N5O4S. The second-order valence-electron chi connectivity index (χ2n) is 4.60. The summed E-state index contributed by atoms with van der Waals surface area (Å²) in [6.45, 7) is 1.37. The van der Waals surface area contributed by atoms with Crippen LogP contribution in [0.5, 0.6) is 0 Å². The number of hydrogen-bond acceptors (Lipinski definition) is 6. The lowest BCUT2D eigenvalue weighted by Crippen LogP contribution is -2.30. The highest BCUT2D eigenvalue weighted by Crippen LogP contribution is 2.21. The number of primary amides is 1. The number of fused-ring (bicyclic) bond motifs is 1. The van der Waals surface area contributed by atoms with Gasteiger partial charge in [0, 0.05) is 12.8 Å². The van der Waals surface area contributed by atoms with Gasteiger partial charge in [-0.2, -0.15) is 0 Å². The highest BCUT2D eigenvalue weighted by Gasteiger charge is 2.19. The van der Waals surface area contributed by atoms with Crippen molar-refractivity contribution in [2.45, 2.75) is 24.7 Å². The molecule has 0 aliphatic heterocycles. The lowest BCUT2D eigenvalue weighted by atomic mass is 10.5. The predicted octanol–water partition coefficient (Wildman–Crippen LogP) is -1.62. The number of aromatic nitrogens is 4. The van der Waals surface area contributed by atoms with Crippen molar-refractivity contribution in [2.24, 2.45) is 12.8 Å². The summed E-state index contributed by atoms with van der Waals surface area (Å²) < 4.78 is 2.53. The first-order chi connectivity index (χ1) is 9.81. The molecule has 0 aliphatic carbocycles. The van der Waals surface area contributed by atoms with Gasteiger partial charge in [0.25, 0.3) is 5.56 Å². The van der Waals surface area contributed by atoms with E-state index in [9.17, 15) is 19.5 Å². The highest BCUT2D eigenvalue weighted by molar-refractivity contribution is 7.99. The van der Waals surface area contributed by atoms with Gasteiger partial charge in [0.2, 0.25) is 5.91 Å². The predicted molar refractivity (Wildman–Crippen MR) is 77.2 cm³/mol. The number of carbonyl (C=O) groups is 1. The molecule has 10 heteroatoms. The van der Waals surface area contributed by atoms with Crippen molar-refractivity contribution in [3.8, 4) is 0 Å². The summed E-state index contributed by atoms with van der Waals surface area (Å²) in [6, 6.07) is 0. The third kappa shape index (κ3) is 3.00. The number of nitrogens with one attached hydrogen (secondary N) is 1. The smallest absolute Gasteiger partial charge is 0.329 e. The topological polar surface area (TPSA) is 136 Å². The van der Waals surface area contributed by atoms with Crippen molar-refractivity contribution < 1.29 is 9.90 Å². The van der Waals surface area contributed by atoms with E-state index in [0.717, 1.165) is 0 Å². The third-order valence-corrected chi connectivity index (χ3v) is 3.96. The number of carbonyl (C=O) groups excluding carboxylic acids is 1. The standard InChI is InChI=1S/C11H15N5O4S/c1-5(17)4-21-11-13-8-7(16(11)3-6(12)18)9(19)14-10(20)15(8)2/h5,17H,3-4H2,1-2H3,(H2,12,18)(H,14,19,20). The number of aliphatic hydroxyl groups excluding tert-OH is 1. The molecule has 1 unspecified atom stereocenters. The second-order valence-corrected chi connectivity index (χ2v) is 5.58. The molecule has 9 nitrogen and oxygen atoms in total. The van der Waals surface area contributed by atoms with Crippen LogP contribution in [0.1, 0.15) is 6.92 Å². The second kappa shape index (κ2) is 5.74. The summed E-state index contributed by atoms with van der Waals surface area (Å²) in [6.07, 6.45) is -0.584. The molecule has 0 aromatic carbocycles. The van der Waals surface area contributed by atoms with Crippen molar-refractivity contribution in [1.82, 2.24) is 19.1 Å². The van der Waals surface area contributed by atoms with Gasteiger partial charge in [0.1, 0.15) is 6.54 Å². The quantitative estimate of drug-likeness (QED) is 0.568. The third-order valence-electron chi connectivity index (χ3n) is 2.74. The Hall–Kier alpha value is -2.07. The van der Waals surface area contributed by atoms with Gasteiger partial charge in [0.15, 0.2) is 16.3 Å². The Morgan fingerprint density at radius 2 is 2.19 bits per heavy atom. The Morgan fingerprint density at radius 1 is 1.52 bits per heavy atom. The van der Waals surface area contributed by atoms with E-state index in [-0.39, 0.29) is 17.7 Å². The molecule has 0 saturated heterocycles. The minimum Gasteiger partial charge on any atom is -0.393 e. The fourth-order valence-corrected chi connectivity index (χ4v) is 2.68. The van der Waals surface area contributed by atoms with E-state index in [2.05, 4.69) is 9.97 Å². The maximum atomic E-state index is 12.0. The van der Waals surface area contributed by atoms with E-state index >= 15 is 0 Å². The molecular weight excluding hydrogens is 298 g/mol. The number of hydrogen-bond donors (Lipinski definition) is 3. The van der Waals surface area contributed by atoms with Crippen LogP contribution >= 0.6 is 11.8 Å². The summed E-state index contributed by atoms with van der Waals surface area (Å²) in [5.41, 5.74) is 4.23. The Morgan fingerprint density at radius 3 is 2.76 bits per heavy atom. The van der Waals surface area contributed by atoms with E-state index in [4.69, 9.17) is 5.73 Å². The molecule has 114 valence electrons. The van der Waals surface area contributed by atoms with E-state index in [1.807, 2.05) is 0 Å². The van der Waals surface area contributed by atoms with Crippen molar-refractivity contribution >= 4 is 28.8 Å². The molecule has 2 aromatic heterocycles. The molecule has 0 aliphatic rings. The summed E-state index contributed by atoms with van der Waals surface area (Å²) in [5, 5.41) is 9.69. The largest absolute Gasteiger partial charge is 0.393 e. The van der Waals surface area contributed by atoms with Crippen LogP contribution in [0.3, 0.4) is 0 Å². The van der Waals surface area contributed by atoms with Crippen LogP contribution in [0.15, 0.2) is 14.7 Å².